The van der Waals surface area contributed by atoms with Gasteiger partial charge in [-0.3, -0.25) is 9.78 Å². The summed E-state index contributed by atoms with van der Waals surface area (Å²) in [6, 6.07) is 4.29. The third-order valence-corrected chi connectivity index (χ3v) is 5.45. The van der Waals surface area contributed by atoms with Gasteiger partial charge in [0.15, 0.2) is 11.6 Å². The van der Waals surface area contributed by atoms with Crippen LogP contribution in [0.15, 0.2) is 18.2 Å². The number of aromatic nitrogens is 6. The van der Waals surface area contributed by atoms with Crippen molar-refractivity contribution in [2.45, 2.75) is 45.9 Å². The average Bonchev–Trinajstić information content (AvgIpc) is 3.29. The Balaban J connectivity index is 1.96. The number of aromatic amines is 1. The highest BCUT2D eigenvalue weighted by Crippen LogP contribution is 2.39. The van der Waals surface area contributed by atoms with E-state index < -0.39 is 23.8 Å². The molecular formula is C22H22F4N6O. The van der Waals surface area contributed by atoms with Crippen molar-refractivity contribution in [3.05, 3.63) is 46.8 Å². The van der Waals surface area contributed by atoms with Crippen LogP contribution < -0.4 is 0 Å². The molecule has 0 saturated carbocycles. The van der Waals surface area contributed by atoms with E-state index in [0.717, 1.165) is 0 Å². The number of aliphatic hydroxyl groups is 1. The van der Waals surface area contributed by atoms with E-state index in [1.54, 1.807) is 19.2 Å². The van der Waals surface area contributed by atoms with Crippen molar-refractivity contribution < 1.29 is 22.7 Å². The van der Waals surface area contributed by atoms with Gasteiger partial charge >= 0.3 is 6.18 Å². The van der Waals surface area contributed by atoms with Crippen LogP contribution in [0.1, 0.15) is 55.6 Å². The van der Waals surface area contributed by atoms with Crippen LogP contribution in [0.4, 0.5) is 17.6 Å². The summed E-state index contributed by atoms with van der Waals surface area (Å²) in [6.07, 6.45) is -5.54. The Morgan fingerprint density at radius 3 is 2.36 bits per heavy atom. The van der Waals surface area contributed by atoms with Crippen LogP contribution in [0.3, 0.4) is 0 Å². The Morgan fingerprint density at radius 2 is 1.79 bits per heavy atom. The van der Waals surface area contributed by atoms with Crippen molar-refractivity contribution in [1.82, 2.24) is 29.9 Å². The molecule has 11 heteroatoms. The Bertz CT molecular complexity index is 1350. The normalized spacial score (nSPS) is 13.3. The van der Waals surface area contributed by atoms with E-state index in [1.807, 2.05) is 18.9 Å². The summed E-state index contributed by atoms with van der Waals surface area (Å²) in [5.41, 5.74) is 0.0470. The van der Waals surface area contributed by atoms with Crippen LogP contribution in [0.25, 0.3) is 33.5 Å². The van der Waals surface area contributed by atoms with Crippen molar-refractivity contribution in [2.24, 2.45) is 7.05 Å². The highest BCUT2D eigenvalue weighted by atomic mass is 19.4. The maximum atomic E-state index is 15.1. The molecule has 1 atom stereocenters. The second-order valence-electron chi connectivity index (χ2n) is 8.25. The standard InChI is InChI=1S/C22H22F4N6O/c1-9(2)12-7-17(18-10(3)29-30-19(18)22(24,25)26)27-16-8-15(23)14(6-13(12)16)20-28-21(11(4)33)32(5)31-20/h6-9,11,33H,1-5H3,(H,29,30). The Morgan fingerprint density at radius 1 is 1.09 bits per heavy atom. The maximum absolute atomic E-state index is 15.1. The predicted octanol–water partition coefficient (Wildman–Crippen LogP) is 5.06. The second-order valence-corrected chi connectivity index (χ2v) is 8.25. The molecule has 0 aliphatic heterocycles. The average molecular weight is 462 g/mol. The number of benzene rings is 1. The van der Waals surface area contributed by atoms with Crippen LogP contribution >= 0.6 is 0 Å². The molecule has 7 nitrogen and oxygen atoms in total. The Kier molecular flexibility index (Phi) is 5.47. The first-order chi connectivity index (χ1) is 15.4. The molecule has 1 unspecified atom stereocenters. The van der Waals surface area contributed by atoms with Gasteiger partial charge in [-0.25, -0.2) is 14.4 Å². The molecule has 0 aliphatic carbocycles. The van der Waals surface area contributed by atoms with Crippen molar-refractivity contribution >= 4 is 10.9 Å². The van der Waals surface area contributed by atoms with Gasteiger partial charge in [-0.1, -0.05) is 13.8 Å². The van der Waals surface area contributed by atoms with Crippen molar-refractivity contribution in [3.63, 3.8) is 0 Å². The molecule has 2 N–H and O–H groups in total. The molecular weight excluding hydrogens is 440 g/mol. The minimum Gasteiger partial charge on any atom is -0.385 e. The smallest absolute Gasteiger partial charge is 0.385 e. The van der Waals surface area contributed by atoms with E-state index in [2.05, 4.69) is 20.2 Å². The molecule has 0 saturated heterocycles. The van der Waals surface area contributed by atoms with Gasteiger partial charge in [0.2, 0.25) is 0 Å². The van der Waals surface area contributed by atoms with Gasteiger partial charge in [0, 0.05) is 18.5 Å². The summed E-state index contributed by atoms with van der Waals surface area (Å²) >= 11 is 0. The van der Waals surface area contributed by atoms with Gasteiger partial charge in [0.05, 0.1) is 28.0 Å². The summed E-state index contributed by atoms with van der Waals surface area (Å²) in [6.45, 7) is 6.76. The molecule has 0 bridgehead atoms. The van der Waals surface area contributed by atoms with Crippen LogP contribution in [-0.4, -0.2) is 35.1 Å². The lowest BCUT2D eigenvalue weighted by molar-refractivity contribution is -0.140. The third-order valence-electron chi connectivity index (χ3n) is 5.45. The van der Waals surface area contributed by atoms with Crippen LogP contribution in [0.2, 0.25) is 0 Å². The quantitative estimate of drug-likeness (QED) is 0.414. The first kappa shape index (κ1) is 22.8. The number of alkyl halides is 3. The Hall–Kier alpha value is -3.34. The summed E-state index contributed by atoms with van der Waals surface area (Å²) < 4.78 is 57.1. The van der Waals surface area contributed by atoms with E-state index in [0.29, 0.717) is 10.9 Å². The molecule has 33 heavy (non-hydrogen) atoms. The molecule has 4 rings (SSSR count). The van der Waals surface area contributed by atoms with E-state index >= 15 is 4.39 Å². The zero-order chi connectivity index (χ0) is 24.2. The topological polar surface area (TPSA) is 92.5 Å². The van der Waals surface area contributed by atoms with Crippen molar-refractivity contribution in [1.29, 1.82) is 0 Å². The monoisotopic (exact) mass is 462 g/mol. The number of pyridine rings is 1. The number of aryl methyl sites for hydroxylation is 2. The summed E-state index contributed by atoms with van der Waals surface area (Å²) in [5, 5.41) is 20.4. The minimum atomic E-state index is -4.65. The summed E-state index contributed by atoms with van der Waals surface area (Å²) in [7, 11) is 1.59. The fraction of sp³-hybridized carbons (Fsp3) is 0.364. The predicted molar refractivity (Wildman–Crippen MR) is 114 cm³/mol. The van der Waals surface area contributed by atoms with E-state index in [1.165, 1.54) is 24.6 Å². The molecule has 174 valence electrons. The lowest BCUT2D eigenvalue weighted by Gasteiger charge is -2.15. The number of hydrogen-bond donors (Lipinski definition) is 2. The third kappa shape index (κ3) is 3.97. The lowest BCUT2D eigenvalue weighted by atomic mass is 9.94. The highest BCUT2D eigenvalue weighted by Gasteiger charge is 2.37. The van der Waals surface area contributed by atoms with E-state index in [4.69, 9.17) is 0 Å². The molecule has 0 fully saturated rings. The molecule has 4 aromatic rings. The zero-order valence-corrected chi connectivity index (χ0v) is 18.6. The van der Waals surface area contributed by atoms with Crippen LogP contribution in [0, 0.1) is 12.7 Å². The molecule has 3 heterocycles. The number of halogens is 4. The van der Waals surface area contributed by atoms with Gasteiger partial charge in [-0.2, -0.15) is 23.4 Å². The minimum absolute atomic E-state index is 0.0595. The molecule has 0 radical (unpaired) electrons. The molecule has 0 amide bonds. The van der Waals surface area contributed by atoms with Crippen molar-refractivity contribution in [3.8, 4) is 22.6 Å². The summed E-state index contributed by atoms with van der Waals surface area (Å²) in [4.78, 5) is 8.59. The van der Waals surface area contributed by atoms with Gasteiger partial charge in [0.25, 0.3) is 0 Å². The lowest BCUT2D eigenvalue weighted by Crippen LogP contribution is -2.08. The number of nitrogens with zero attached hydrogens (tertiary/aromatic N) is 5. The van der Waals surface area contributed by atoms with Crippen molar-refractivity contribution in [2.75, 3.05) is 0 Å². The maximum Gasteiger partial charge on any atom is 0.433 e. The summed E-state index contributed by atoms with van der Waals surface area (Å²) in [5.74, 6) is -0.405. The number of nitrogens with one attached hydrogen (secondary N) is 1. The van der Waals surface area contributed by atoms with E-state index in [9.17, 15) is 18.3 Å². The zero-order valence-electron chi connectivity index (χ0n) is 18.6. The van der Waals surface area contributed by atoms with Gasteiger partial charge < -0.3 is 5.11 Å². The van der Waals surface area contributed by atoms with Crippen LogP contribution in [0.5, 0.6) is 0 Å². The number of H-pyrrole nitrogens is 1. The van der Waals surface area contributed by atoms with Gasteiger partial charge in [-0.05, 0) is 37.5 Å². The van der Waals surface area contributed by atoms with Crippen LogP contribution in [-0.2, 0) is 13.2 Å². The SMILES string of the molecule is Cc1n[nH]c(C(F)(F)F)c1-c1cc(C(C)C)c2cc(-c3nc(C(C)O)n(C)n3)c(F)cc2n1. The molecule has 0 spiro atoms. The highest BCUT2D eigenvalue weighted by molar-refractivity contribution is 5.89. The molecule has 3 aromatic heterocycles. The number of hydrogen-bond acceptors (Lipinski definition) is 5. The number of aliphatic hydroxyl groups excluding tert-OH is 1. The number of rotatable bonds is 4. The molecule has 1 aromatic carbocycles. The first-order valence-electron chi connectivity index (χ1n) is 10.2. The van der Waals surface area contributed by atoms with Gasteiger partial charge in [-0.15, -0.1) is 0 Å². The molecule has 0 aliphatic rings. The Labute approximate surface area is 186 Å². The second kappa shape index (κ2) is 7.91. The largest absolute Gasteiger partial charge is 0.433 e. The first-order valence-corrected chi connectivity index (χ1v) is 10.2. The number of fused-ring (bicyclic) bond motifs is 1. The fourth-order valence-corrected chi connectivity index (χ4v) is 3.88. The van der Waals surface area contributed by atoms with E-state index in [-0.39, 0.29) is 45.6 Å². The van der Waals surface area contributed by atoms with Gasteiger partial charge in [0.1, 0.15) is 17.6 Å². The fourth-order valence-electron chi connectivity index (χ4n) is 3.88.